The summed E-state index contributed by atoms with van der Waals surface area (Å²) in [6.07, 6.45) is 2.96. The molecule has 1 aliphatic heterocycles. The number of rotatable bonds is 1. The van der Waals surface area contributed by atoms with E-state index in [-0.39, 0.29) is 6.04 Å². The number of nitrogens with one attached hydrogen (secondary N) is 1. The zero-order chi connectivity index (χ0) is 11.1. The Morgan fingerprint density at radius 1 is 1.62 bits per heavy atom. The average molecular weight is 254 g/mol. The van der Waals surface area contributed by atoms with Crippen LogP contribution in [0.4, 0.5) is 0 Å². The molecule has 16 heavy (non-hydrogen) atoms. The minimum absolute atomic E-state index is 0.213. The molecule has 3 rings (SSSR count). The van der Waals surface area contributed by atoms with Crippen molar-refractivity contribution in [3.63, 3.8) is 0 Å². The first-order valence-corrected chi connectivity index (χ1v) is 6.50. The van der Waals surface area contributed by atoms with Gasteiger partial charge in [-0.3, -0.25) is 4.68 Å². The summed E-state index contributed by atoms with van der Waals surface area (Å²) in [5, 5.41) is 10.6. The van der Waals surface area contributed by atoms with E-state index in [9.17, 15) is 0 Å². The highest BCUT2D eigenvalue weighted by atomic mass is 35.5. The van der Waals surface area contributed by atoms with Crippen LogP contribution in [0.25, 0.3) is 0 Å². The van der Waals surface area contributed by atoms with E-state index in [2.05, 4.69) is 21.9 Å². The zero-order valence-corrected chi connectivity index (χ0v) is 10.5. The first-order valence-electron chi connectivity index (χ1n) is 5.24. The fourth-order valence-electron chi connectivity index (χ4n) is 2.14. The lowest BCUT2D eigenvalue weighted by Gasteiger charge is -2.23. The molecular weight excluding hydrogens is 242 g/mol. The number of hydrogen-bond donors (Lipinski definition) is 1. The second-order valence-electron chi connectivity index (χ2n) is 3.96. The maximum Gasteiger partial charge on any atom is 0.131 e. The Morgan fingerprint density at radius 3 is 3.25 bits per heavy atom. The van der Waals surface area contributed by atoms with Crippen molar-refractivity contribution in [3.8, 4) is 0 Å². The van der Waals surface area contributed by atoms with Crippen LogP contribution in [0.1, 0.15) is 22.0 Å². The van der Waals surface area contributed by atoms with Crippen molar-refractivity contribution < 1.29 is 0 Å². The van der Waals surface area contributed by atoms with E-state index < -0.39 is 0 Å². The molecule has 1 atom stereocenters. The highest BCUT2D eigenvalue weighted by molar-refractivity contribution is 7.10. The van der Waals surface area contributed by atoms with Gasteiger partial charge in [0.2, 0.25) is 0 Å². The summed E-state index contributed by atoms with van der Waals surface area (Å²) >= 11 is 8.03. The van der Waals surface area contributed by atoms with Gasteiger partial charge in [-0.2, -0.15) is 5.10 Å². The van der Waals surface area contributed by atoms with Gasteiger partial charge in [0.05, 0.1) is 12.2 Å². The molecule has 0 saturated carbocycles. The van der Waals surface area contributed by atoms with E-state index in [4.69, 9.17) is 11.6 Å². The minimum atomic E-state index is 0.213. The first kappa shape index (κ1) is 10.3. The van der Waals surface area contributed by atoms with Gasteiger partial charge < -0.3 is 5.32 Å². The third-order valence-corrected chi connectivity index (χ3v) is 4.48. The Labute approximate surface area is 103 Å². The van der Waals surface area contributed by atoms with Gasteiger partial charge in [-0.1, -0.05) is 11.6 Å². The van der Waals surface area contributed by atoms with Gasteiger partial charge in [0.15, 0.2) is 0 Å². The lowest BCUT2D eigenvalue weighted by Crippen LogP contribution is -2.29. The third kappa shape index (κ3) is 1.49. The molecule has 1 aliphatic rings. The lowest BCUT2D eigenvalue weighted by molar-refractivity contribution is 0.578. The number of nitrogens with zero attached hydrogens (tertiary/aromatic N) is 2. The second kappa shape index (κ2) is 3.87. The van der Waals surface area contributed by atoms with Crippen LogP contribution in [-0.2, 0) is 13.5 Å². The molecule has 0 radical (unpaired) electrons. The van der Waals surface area contributed by atoms with Crippen LogP contribution in [0.3, 0.4) is 0 Å². The SMILES string of the molecule is Cn1ncc(C2NCCc3ccsc32)c1Cl. The van der Waals surface area contributed by atoms with Gasteiger partial charge in [-0.15, -0.1) is 11.3 Å². The smallest absolute Gasteiger partial charge is 0.131 e. The van der Waals surface area contributed by atoms with Crippen LogP contribution in [0.15, 0.2) is 17.6 Å². The molecule has 2 aromatic rings. The van der Waals surface area contributed by atoms with Gasteiger partial charge in [0, 0.05) is 24.0 Å². The van der Waals surface area contributed by atoms with Crippen LogP contribution in [0.2, 0.25) is 5.15 Å². The Bertz CT molecular complexity index is 517. The molecular formula is C11H12ClN3S. The van der Waals surface area contributed by atoms with Crippen molar-refractivity contribution in [2.45, 2.75) is 12.5 Å². The summed E-state index contributed by atoms with van der Waals surface area (Å²) in [4.78, 5) is 1.38. The van der Waals surface area contributed by atoms with Gasteiger partial charge in [0.1, 0.15) is 5.15 Å². The zero-order valence-electron chi connectivity index (χ0n) is 8.90. The van der Waals surface area contributed by atoms with E-state index in [0.717, 1.165) is 23.7 Å². The normalized spacial score (nSPS) is 19.8. The van der Waals surface area contributed by atoms with Gasteiger partial charge in [-0.25, -0.2) is 0 Å². The summed E-state index contributed by atoms with van der Waals surface area (Å²) < 4.78 is 1.71. The van der Waals surface area contributed by atoms with Gasteiger partial charge in [0.25, 0.3) is 0 Å². The molecule has 0 saturated heterocycles. The standard InChI is InChI=1S/C11H12ClN3S/c1-15-11(12)8(6-14-15)9-10-7(2-4-13-9)3-5-16-10/h3,5-6,9,13H,2,4H2,1H3. The lowest BCUT2D eigenvalue weighted by atomic mass is 10.00. The number of aromatic nitrogens is 2. The highest BCUT2D eigenvalue weighted by Gasteiger charge is 2.25. The van der Waals surface area contributed by atoms with Crippen LogP contribution in [0, 0.1) is 0 Å². The second-order valence-corrected chi connectivity index (χ2v) is 5.27. The largest absolute Gasteiger partial charge is 0.305 e. The van der Waals surface area contributed by atoms with Crippen LogP contribution < -0.4 is 5.32 Å². The fourth-order valence-corrected chi connectivity index (χ4v) is 3.38. The maximum atomic E-state index is 6.24. The topological polar surface area (TPSA) is 29.9 Å². The quantitative estimate of drug-likeness (QED) is 0.846. The summed E-state index contributed by atoms with van der Waals surface area (Å²) in [6, 6.07) is 2.42. The Balaban J connectivity index is 2.07. The number of hydrogen-bond acceptors (Lipinski definition) is 3. The molecule has 0 aliphatic carbocycles. The van der Waals surface area contributed by atoms with Crippen LogP contribution >= 0.6 is 22.9 Å². The maximum absolute atomic E-state index is 6.24. The first-order chi connectivity index (χ1) is 7.77. The van der Waals surface area contributed by atoms with Crippen molar-refractivity contribution in [2.24, 2.45) is 7.05 Å². The van der Waals surface area contributed by atoms with Gasteiger partial charge in [-0.05, 0) is 23.4 Å². The van der Waals surface area contributed by atoms with Crippen molar-refractivity contribution in [2.75, 3.05) is 6.54 Å². The third-order valence-electron chi connectivity index (χ3n) is 2.99. The molecule has 0 amide bonds. The monoisotopic (exact) mass is 253 g/mol. The predicted molar refractivity (Wildman–Crippen MR) is 66.1 cm³/mol. The van der Waals surface area contributed by atoms with E-state index in [0.29, 0.717) is 0 Å². The molecule has 84 valence electrons. The summed E-state index contributed by atoms with van der Waals surface area (Å²) in [6.45, 7) is 1.000. The van der Waals surface area contributed by atoms with Crippen LogP contribution in [-0.4, -0.2) is 16.3 Å². The number of aryl methyl sites for hydroxylation is 1. The molecule has 0 bridgehead atoms. The molecule has 0 aromatic carbocycles. The van der Waals surface area contributed by atoms with Crippen molar-refractivity contribution in [1.29, 1.82) is 0 Å². The molecule has 3 heterocycles. The molecule has 0 fully saturated rings. The number of fused-ring (bicyclic) bond motifs is 1. The average Bonchev–Trinajstić information content (AvgIpc) is 2.87. The van der Waals surface area contributed by atoms with Crippen LogP contribution in [0.5, 0.6) is 0 Å². The highest BCUT2D eigenvalue weighted by Crippen LogP contribution is 2.35. The Kier molecular flexibility index (Phi) is 2.50. The molecule has 0 spiro atoms. The van der Waals surface area contributed by atoms with E-state index in [1.54, 1.807) is 16.0 Å². The summed E-state index contributed by atoms with van der Waals surface area (Å²) in [5.41, 5.74) is 2.52. The predicted octanol–water partition coefficient (Wildman–Crippen LogP) is 2.37. The van der Waals surface area contributed by atoms with Gasteiger partial charge >= 0.3 is 0 Å². The van der Waals surface area contributed by atoms with E-state index >= 15 is 0 Å². The number of halogens is 1. The molecule has 2 aromatic heterocycles. The fraction of sp³-hybridized carbons (Fsp3) is 0.364. The number of thiophene rings is 1. The van der Waals surface area contributed by atoms with Crippen molar-refractivity contribution in [3.05, 3.63) is 38.8 Å². The van der Waals surface area contributed by atoms with E-state index in [1.807, 2.05) is 13.2 Å². The minimum Gasteiger partial charge on any atom is -0.305 e. The van der Waals surface area contributed by atoms with Crippen molar-refractivity contribution in [1.82, 2.24) is 15.1 Å². The molecule has 1 N–H and O–H groups in total. The summed E-state index contributed by atoms with van der Waals surface area (Å²) in [5.74, 6) is 0. The van der Waals surface area contributed by atoms with E-state index in [1.165, 1.54) is 10.4 Å². The summed E-state index contributed by atoms with van der Waals surface area (Å²) in [7, 11) is 1.87. The Morgan fingerprint density at radius 2 is 2.50 bits per heavy atom. The molecule has 5 heteroatoms. The molecule has 3 nitrogen and oxygen atoms in total. The van der Waals surface area contributed by atoms with Crippen molar-refractivity contribution >= 4 is 22.9 Å². The Hall–Kier alpha value is -0.840. The molecule has 1 unspecified atom stereocenters.